The lowest BCUT2D eigenvalue weighted by Gasteiger charge is -2.18. The van der Waals surface area contributed by atoms with Gasteiger partial charge in [0.05, 0.1) is 12.5 Å². The largest absolute Gasteiger partial charge is 0.436 e. The second-order valence-corrected chi connectivity index (χ2v) is 4.48. The molecule has 17 heavy (non-hydrogen) atoms. The van der Waals surface area contributed by atoms with E-state index in [4.69, 9.17) is 9.47 Å². The smallest absolute Gasteiger partial charge is 0.311 e. The van der Waals surface area contributed by atoms with Crippen molar-refractivity contribution in [1.82, 2.24) is 0 Å². The number of hydrogen-bond donors (Lipinski definition) is 0. The summed E-state index contributed by atoms with van der Waals surface area (Å²) in [4.78, 5) is 11.8. The van der Waals surface area contributed by atoms with E-state index in [1.54, 1.807) is 6.92 Å². The summed E-state index contributed by atoms with van der Waals surface area (Å²) in [6, 6.07) is 0. The van der Waals surface area contributed by atoms with Gasteiger partial charge in [-0.15, -0.1) is 0 Å². The lowest BCUT2D eigenvalue weighted by molar-refractivity contribution is -0.180. The highest BCUT2D eigenvalue weighted by Crippen LogP contribution is 2.15. The van der Waals surface area contributed by atoms with Crippen LogP contribution in [0.3, 0.4) is 0 Å². The highest BCUT2D eigenvalue weighted by molar-refractivity contribution is 5.72. The van der Waals surface area contributed by atoms with Gasteiger partial charge in [0, 0.05) is 0 Å². The molecular weight excluding hydrogens is 216 g/mol. The summed E-state index contributed by atoms with van der Waals surface area (Å²) < 4.78 is 10.7. The first kappa shape index (κ1) is 16.4. The molecule has 0 bridgehead atoms. The van der Waals surface area contributed by atoms with E-state index in [0.717, 1.165) is 38.5 Å². The zero-order chi connectivity index (χ0) is 13.1. The van der Waals surface area contributed by atoms with Crippen LogP contribution in [0.2, 0.25) is 0 Å². The molecule has 0 radical (unpaired) electrons. The molecule has 0 amide bonds. The fraction of sp³-hybridized carbons (Fsp3) is 0.929. The molecule has 0 fully saturated rings. The normalized spacial score (nSPS) is 14.4. The Hall–Kier alpha value is -0.570. The van der Waals surface area contributed by atoms with Gasteiger partial charge in [-0.3, -0.25) is 4.79 Å². The van der Waals surface area contributed by atoms with Gasteiger partial charge in [-0.05, 0) is 26.2 Å². The van der Waals surface area contributed by atoms with Crippen LogP contribution in [0.1, 0.15) is 66.2 Å². The van der Waals surface area contributed by atoms with Crippen molar-refractivity contribution in [3.05, 3.63) is 0 Å². The molecule has 3 nitrogen and oxygen atoms in total. The molecule has 0 aliphatic heterocycles. The third-order valence-electron chi connectivity index (χ3n) is 2.86. The SMILES string of the molecule is CCCCOC(C)OC(=O)C(CC)CCCC. The molecule has 0 saturated carbocycles. The van der Waals surface area contributed by atoms with Crippen molar-refractivity contribution in [2.24, 2.45) is 5.92 Å². The number of rotatable bonds is 10. The zero-order valence-electron chi connectivity index (χ0n) is 11.8. The van der Waals surface area contributed by atoms with E-state index in [1.165, 1.54) is 0 Å². The third-order valence-corrected chi connectivity index (χ3v) is 2.86. The van der Waals surface area contributed by atoms with Crippen molar-refractivity contribution in [3.8, 4) is 0 Å². The van der Waals surface area contributed by atoms with Gasteiger partial charge in [0.1, 0.15) is 0 Å². The van der Waals surface area contributed by atoms with Crippen LogP contribution < -0.4 is 0 Å². The maximum Gasteiger partial charge on any atom is 0.311 e. The molecule has 102 valence electrons. The van der Waals surface area contributed by atoms with Crippen molar-refractivity contribution in [2.45, 2.75) is 72.5 Å². The minimum absolute atomic E-state index is 0.0344. The predicted molar refractivity (Wildman–Crippen MR) is 69.7 cm³/mol. The van der Waals surface area contributed by atoms with E-state index in [1.807, 2.05) is 6.92 Å². The Balaban J connectivity index is 3.86. The van der Waals surface area contributed by atoms with Gasteiger partial charge in [-0.2, -0.15) is 0 Å². The second-order valence-electron chi connectivity index (χ2n) is 4.48. The summed E-state index contributed by atoms with van der Waals surface area (Å²) in [7, 11) is 0. The zero-order valence-corrected chi connectivity index (χ0v) is 11.8. The molecule has 0 N–H and O–H groups in total. The summed E-state index contributed by atoms with van der Waals surface area (Å²) in [5.41, 5.74) is 0. The molecule has 0 aromatic carbocycles. The molecule has 0 heterocycles. The van der Waals surface area contributed by atoms with E-state index in [2.05, 4.69) is 13.8 Å². The first-order chi connectivity index (χ1) is 8.15. The predicted octanol–water partition coefficient (Wildman–Crippen LogP) is 3.91. The van der Waals surface area contributed by atoms with Gasteiger partial charge in [0.25, 0.3) is 0 Å². The Morgan fingerprint density at radius 3 is 2.29 bits per heavy atom. The van der Waals surface area contributed by atoms with E-state index >= 15 is 0 Å². The number of esters is 1. The van der Waals surface area contributed by atoms with Crippen molar-refractivity contribution < 1.29 is 14.3 Å². The van der Waals surface area contributed by atoms with Crippen LogP contribution in [0.4, 0.5) is 0 Å². The molecule has 0 rings (SSSR count). The fourth-order valence-corrected chi connectivity index (χ4v) is 1.63. The van der Waals surface area contributed by atoms with Crippen LogP contribution >= 0.6 is 0 Å². The Morgan fingerprint density at radius 2 is 1.76 bits per heavy atom. The van der Waals surface area contributed by atoms with Crippen LogP contribution in [-0.4, -0.2) is 18.9 Å². The molecule has 3 heteroatoms. The lowest BCUT2D eigenvalue weighted by Crippen LogP contribution is -2.24. The summed E-state index contributed by atoms with van der Waals surface area (Å²) in [5, 5.41) is 0. The van der Waals surface area contributed by atoms with Crippen LogP contribution in [0.5, 0.6) is 0 Å². The summed E-state index contributed by atoms with van der Waals surface area (Å²) in [6.45, 7) is 8.73. The average molecular weight is 244 g/mol. The fourth-order valence-electron chi connectivity index (χ4n) is 1.63. The summed E-state index contributed by atoms with van der Waals surface area (Å²) >= 11 is 0. The lowest BCUT2D eigenvalue weighted by atomic mass is 10.00. The molecule has 2 atom stereocenters. The van der Waals surface area contributed by atoms with Crippen LogP contribution in [-0.2, 0) is 14.3 Å². The Morgan fingerprint density at radius 1 is 1.12 bits per heavy atom. The maximum atomic E-state index is 11.8. The number of unbranched alkanes of at least 4 members (excludes halogenated alkanes) is 2. The minimum Gasteiger partial charge on any atom is -0.436 e. The number of ether oxygens (including phenoxy) is 2. The molecule has 0 saturated heterocycles. The van der Waals surface area contributed by atoms with Gasteiger partial charge in [-0.25, -0.2) is 0 Å². The summed E-state index contributed by atoms with van der Waals surface area (Å²) in [5.74, 6) is -0.0721. The van der Waals surface area contributed by atoms with E-state index in [0.29, 0.717) is 6.61 Å². The van der Waals surface area contributed by atoms with E-state index in [9.17, 15) is 4.79 Å². The Labute approximate surface area is 106 Å². The number of carbonyl (C=O) groups excluding carboxylic acids is 1. The highest BCUT2D eigenvalue weighted by Gasteiger charge is 2.19. The van der Waals surface area contributed by atoms with Gasteiger partial charge < -0.3 is 9.47 Å². The van der Waals surface area contributed by atoms with Gasteiger partial charge in [0.2, 0.25) is 0 Å². The molecular formula is C14H28O3. The Bertz CT molecular complexity index is 192. The van der Waals surface area contributed by atoms with Crippen molar-refractivity contribution in [3.63, 3.8) is 0 Å². The van der Waals surface area contributed by atoms with Gasteiger partial charge in [-0.1, -0.05) is 40.0 Å². The monoisotopic (exact) mass is 244 g/mol. The number of hydrogen-bond acceptors (Lipinski definition) is 3. The first-order valence-electron chi connectivity index (χ1n) is 6.97. The molecule has 2 unspecified atom stereocenters. The molecule has 0 aliphatic carbocycles. The van der Waals surface area contributed by atoms with Gasteiger partial charge in [0.15, 0.2) is 6.29 Å². The van der Waals surface area contributed by atoms with Crippen LogP contribution in [0, 0.1) is 5.92 Å². The maximum absolute atomic E-state index is 11.8. The highest BCUT2D eigenvalue weighted by atomic mass is 16.7. The van der Waals surface area contributed by atoms with Crippen LogP contribution in [0.25, 0.3) is 0 Å². The average Bonchev–Trinajstić information content (AvgIpc) is 2.30. The minimum atomic E-state index is -0.412. The van der Waals surface area contributed by atoms with Crippen molar-refractivity contribution >= 4 is 5.97 Å². The summed E-state index contributed by atoms with van der Waals surface area (Å²) in [6.07, 6.45) is 5.66. The van der Waals surface area contributed by atoms with Crippen molar-refractivity contribution in [1.29, 1.82) is 0 Å². The number of carbonyl (C=O) groups is 1. The standard InChI is InChI=1S/C14H28O3/c1-5-8-10-13(7-3)14(15)17-12(4)16-11-9-6-2/h12-13H,5-11H2,1-4H3. The first-order valence-corrected chi connectivity index (χ1v) is 6.97. The van der Waals surface area contributed by atoms with E-state index < -0.39 is 6.29 Å². The second kappa shape index (κ2) is 10.6. The third kappa shape index (κ3) is 8.19. The van der Waals surface area contributed by atoms with E-state index in [-0.39, 0.29) is 11.9 Å². The van der Waals surface area contributed by atoms with Crippen molar-refractivity contribution in [2.75, 3.05) is 6.61 Å². The molecule has 0 aromatic heterocycles. The quantitative estimate of drug-likeness (QED) is 0.332. The van der Waals surface area contributed by atoms with Crippen LogP contribution in [0.15, 0.2) is 0 Å². The molecule has 0 aromatic rings. The topological polar surface area (TPSA) is 35.5 Å². The Kier molecular flexibility index (Phi) is 10.2. The molecule has 0 aliphatic rings. The molecule has 0 spiro atoms. The van der Waals surface area contributed by atoms with Gasteiger partial charge >= 0.3 is 5.97 Å².